The topological polar surface area (TPSA) is 38.3 Å². The third-order valence-electron chi connectivity index (χ3n) is 2.31. The number of hydrogen-bond acceptors (Lipinski definition) is 2. The van der Waals surface area contributed by atoms with Gasteiger partial charge in [0, 0.05) is 0 Å². The molecular weight excluding hydrogens is 196 g/mol. The SMILES string of the molecule is [B]c1ccc2c(c1F)NC(=O)C(CC)O2. The molecule has 1 aliphatic heterocycles. The fourth-order valence-corrected chi connectivity index (χ4v) is 1.47. The molecule has 2 rings (SSSR count). The van der Waals surface area contributed by atoms with Crippen LogP contribution in [0.4, 0.5) is 10.1 Å². The second-order valence-electron chi connectivity index (χ2n) is 3.35. The lowest BCUT2D eigenvalue weighted by Gasteiger charge is -2.25. The van der Waals surface area contributed by atoms with Gasteiger partial charge in [-0.3, -0.25) is 4.79 Å². The summed E-state index contributed by atoms with van der Waals surface area (Å²) in [6, 6.07) is 2.97. The minimum atomic E-state index is -0.643. The average Bonchev–Trinajstić information content (AvgIpc) is 2.24. The van der Waals surface area contributed by atoms with Gasteiger partial charge in [-0.1, -0.05) is 18.5 Å². The van der Waals surface area contributed by atoms with Gasteiger partial charge in [-0.2, -0.15) is 0 Å². The van der Waals surface area contributed by atoms with Gasteiger partial charge in [0.25, 0.3) is 5.91 Å². The maximum Gasteiger partial charge on any atom is 0.265 e. The number of fused-ring (bicyclic) bond motifs is 1. The molecule has 0 bridgehead atoms. The van der Waals surface area contributed by atoms with Crippen molar-refractivity contribution in [1.29, 1.82) is 0 Å². The zero-order valence-electron chi connectivity index (χ0n) is 8.21. The van der Waals surface area contributed by atoms with E-state index in [9.17, 15) is 9.18 Å². The fraction of sp³-hybridized carbons (Fsp3) is 0.300. The second kappa shape index (κ2) is 3.57. The summed E-state index contributed by atoms with van der Waals surface area (Å²) in [6.07, 6.45) is -0.0161. The van der Waals surface area contributed by atoms with Crippen LogP contribution in [-0.4, -0.2) is 19.9 Å². The summed E-state index contributed by atoms with van der Waals surface area (Å²) < 4.78 is 18.8. The zero-order chi connectivity index (χ0) is 11.0. The number of amides is 1. The Labute approximate surface area is 88.0 Å². The Morgan fingerprint density at radius 2 is 2.33 bits per heavy atom. The highest BCUT2D eigenvalue weighted by atomic mass is 19.1. The summed E-state index contributed by atoms with van der Waals surface area (Å²) in [6.45, 7) is 1.82. The summed E-state index contributed by atoms with van der Waals surface area (Å²) in [7, 11) is 5.37. The summed E-state index contributed by atoms with van der Waals surface area (Å²) in [5.74, 6) is -0.655. The molecule has 0 fully saturated rings. The van der Waals surface area contributed by atoms with Gasteiger partial charge < -0.3 is 10.1 Å². The maximum absolute atomic E-state index is 13.5. The molecule has 1 heterocycles. The van der Waals surface area contributed by atoms with E-state index in [4.69, 9.17) is 12.6 Å². The molecule has 0 aliphatic carbocycles. The molecule has 1 N–H and O–H groups in total. The molecule has 1 aliphatic rings. The molecular formula is C10H9BFNO2. The van der Waals surface area contributed by atoms with Crippen molar-refractivity contribution in [2.24, 2.45) is 0 Å². The number of carbonyl (C=O) groups is 1. The van der Waals surface area contributed by atoms with Gasteiger partial charge in [0.1, 0.15) is 25.1 Å². The first-order chi connectivity index (χ1) is 7.13. The maximum atomic E-state index is 13.5. The number of rotatable bonds is 1. The molecule has 76 valence electrons. The van der Waals surface area contributed by atoms with Crippen molar-refractivity contribution in [1.82, 2.24) is 0 Å². The molecule has 1 aromatic carbocycles. The van der Waals surface area contributed by atoms with Crippen LogP contribution in [0.1, 0.15) is 13.3 Å². The van der Waals surface area contributed by atoms with E-state index in [1.54, 1.807) is 6.07 Å². The fourth-order valence-electron chi connectivity index (χ4n) is 1.47. The van der Waals surface area contributed by atoms with Crippen LogP contribution in [-0.2, 0) is 4.79 Å². The molecule has 0 saturated carbocycles. The first kappa shape index (κ1) is 10.0. The third-order valence-corrected chi connectivity index (χ3v) is 2.31. The summed E-state index contributed by atoms with van der Waals surface area (Å²) in [4.78, 5) is 11.4. The smallest absolute Gasteiger partial charge is 0.265 e. The molecule has 5 heteroatoms. The van der Waals surface area contributed by atoms with Crippen LogP contribution in [0.25, 0.3) is 0 Å². The highest BCUT2D eigenvalue weighted by Gasteiger charge is 2.28. The Morgan fingerprint density at radius 1 is 1.60 bits per heavy atom. The quantitative estimate of drug-likeness (QED) is 0.686. The van der Waals surface area contributed by atoms with Gasteiger partial charge in [0.2, 0.25) is 0 Å². The number of nitrogens with one attached hydrogen (secondary N) is 1. The van der Waals surface area contributed by atoms with Crippen LogP contribution in [0.5, 0.6) is 5.75 Å². The predicted molar refractivity (Wildman–Crippen MR) is 55.1 cm³/mol. The molecule has 2 radical (unpaired) electrons. The number of carbonyl (C=O) groups excluding carboxylic acids is 1. The lowest BCUT2D eigenvalue weighted by atomic mass is 9.94. The van der Waals surface area contributed by atoms with Crippen LogP contribution < -0.4 is 15.5 Å². The van der Waals surface area contributed by atoms with Crippen LogP contribution in [0.15, 0.2) is 12.1 Å². The minimum absolute atomic E-state index is 0.00685. The van der Waals surface area contributed by atoms with E-state index in [-0.39, 0.29) is 17.1 Å². The molecule has 1 aromatic rings. The number of hydrogen-bond donors (Lipinski definition) is 1. The Hall–Kier alpha value is -1.52. The average molecular weight is 205 g/mol. The number of halogens is 1. The Kier molecular flexibility index (Phi) is 2.38. The van der Waals surface area contributed by atoms with Crippen LogP contribution >= 0.6 is 0 Å². The van der Waals surface area contributed by atoms with Crippen molar-refractivity contribution >= 4 is 24.9 Å². The molecule has 0 spiro atoms. The number of ether oxygens (including phenoxy) is 1. The van der Waals surface area contributed by atoms with E-state index in [1.807, 2.05) is 6.92 Å². The van der Waals surface area contributed by atoms with Crippen LogP contribution in [0, 0.1) is 5.82 Å². The van der Waals surface area contributed by atoms with Crippen molar-refractivity contribution in [3.63, 3.8) is 0 Å². The molecule has 1 unspecified atom stereocenters. The zero-order valence-corrected chi connectivity index (χ0v) is 8.21. The molecule has 1 atom stereocenters. The van der Waals surface area contributed by atoms with Crippen molar-refractivity contribution in [3.8, 4) is 5.75 Å². The Morgan fingerprint density at radius 3 is 3.00 bits per heavy atom. The molecule has 1 amide bonds. The van der Waals surface area contributed by atoms with Crippen LogP contribution in [0.2, 0.25) is 0 Å². The van der Waals surface area contributed by atoms with E-state index in [2.05, 4.69) is 5.32 Å². The molecule has 3 nitrogen and oxygen atoms in total. The molecule has 0 saturated heterocycles. The highest BCUT2D eigenvalue weighted by molar-refractivity contribution is 6.33. The van der Waals surface area contributed by atoms with Gasteiger partial charge in [-0.25, -0.2) is 4.39 Å². The van der Waals surface area contributed by atoms with Gasteiger partial charge in [-0.05, 0) is 12.5 Å². The second-order valence-corrected chi connectivity index (χ2v) is 3.35. The third kappa shape index (κ3) is 1.58. The standard InChI is InChI=1S/C10H9BFNO2/c1-2-6-10(14)13-9-7(15-6)4-3-5(11)8(9)12/h3-4,6H,2H2,1H3,(H,13,14). The van der Waals surface area contributed by atoms with Gasteiger partial charge in [-0.15, -0.1) is 0 Å². The van der Waals surface area contributed by atoms with Crippen molar-refractivity contribution in [2.75, 3.05) is 5.32 Å². The summed E-state index contributed by atoms with van der Waals surface area (Å²) in [5.41, 5.74) is 0.0253. The number of anilines is 1. The van der Waals surface area contributed by atoms with E-state index in [1.165, 1.54) is 6.07 Å². The predicted octanol–water partition coefficient (Wildman–Crippen LogP) is 0.729. The summed E-state index contributed by atoms with van der Waals surface area (Å²) >= 11 is 0. The van der Waals surface area contributed by atoms with Gasteiger partial charge in [0.05, 0.1) is 0 Å². The van der Waals surface area contributed by atoms with Crippen molar-refractivity contribution in [2.45, 2.75) is 19.4 Å². The molecule has 0 aromatic heterocycles. The van der Waals surface area contributed by atoms with Crippen LogP contribution in [0.3, 0.4) is 0 Å². The monoisotopic (exact) mass is 205 g/mol. The normalized spacial score (nSPS) is 19.1. The molecule has 15 heavy (non-hydrogen) atoms. The first-order valence-electron chi connectivity index (χ1n) is 4.69. The number of benzene rings is 1. The van der Waals surface area contributed by atoms with Crippen molar-refractivity contribution < 1.29 is 13.9 Å². The largest absolute Gasteiger partial charge is 0.478 e. The van der Waals surface area contributed by atoms with Crippen molar-refractivity contribution in [3.05, 3.63) is 17.9 Å². The lowest BCUT2D eigenvalue weighted by Crippen LogP contribution is -2.37. The van der Waals surface area contributed by atoms with E-state index < -0.39 is 11.9 Å². The Balaban J connectivity index is 2.45. The van der Waals surface area contributed by atoms with E-state index in [0.29, 0.717) is 12.2 Å². The lowest BCUT2D eigenvalue weighted by molar-refractivity contribution is -0.123. The van der Waals surface area contributed by atoms with E-state index >= 15 is 0 Å². The van der Waals surface area contributed by atoms with E-state index in [0.717, 1.165) is 0 Å². The first-order valence-corrected chi connectivity index (χ1v) is 4.69. The Bertz CT molecular complexity index is 422. The highest BCUT2D eigenvalue weighted by Crippen LogP contribution is 2.31. The summed E-state index contributed by atoms with van der Waals surface area (Å²) in [5, 5.41) is 2.45. The van der Waals surface area contributed by atoms with Gasteiger partial charge in [0.15, 0.2) is 6.10 Å². The van der Waals surface area contributed by atoms with Gasteiger partial charge >= 0.3 is 0 Å². The minimum Gasteiger partial charge on any atom is -0.478 e.